The molecule has 1 aliphatic carbocycles. The van der Waals surface area contributed by atoms with Gasteiger partial charge in [0.05, 0.1) is 17.0 Å². The highest BCUT2D eigenvalue weighted by atomic mass is 32.1. The second-order valence-corrected chi connectivity index (χ2v) is 8.00. The molecule has 1 amide bonds. The van der Waals surface area contributed by atoms with Crippen LogP contribution in [0.25, 0.3) is 10.4 Å². The topological polar surface area (TPSA) is 87.1 Å². The number of carbonyl (C=O) groups is 1. The fourth-order valence-electron chi connectivity index (χ4n) is 3.08. The van der Waals surface area contributed by atoms with Crippen LogP contribution in [0.1, 0.15) is 48.0 Å². The van der Waals surface area contributed by atoms with Gasteiger partial charge < -0.3 is 15.7 Å². The molecular formula is C18H19F5N4O2S. The number of rotatable bonds is 6. The number of aromatic nitrogens is 2. The van der Waals surface area contributed by atoms with Crippen molar-refractivity contribution in [1.82, 2.24) is 15.3 Å². The third-order valence-electron chi connectivity index (χ3n) is 4.79. The van der Waals surface area contributed by atoms with E-state index in [-0.39, 0.29) is 27.3 Å². The number of aliphatic hydroxyl groups excluding tert-OH is 1. The number of pyridine rings is 1. The quantitative estimate of drug-likeness (QED) is 0.576. The largest absolute Gasteiger partial charge is 0.408 e. The number of nitrogens with one attached hydrogen (secondary N) is 2. The van der Waals surface area contributed by atoms with E-state index in [2.05, 4.69) is 20.6 Å². The zero-order chi connectivity index (χ0) is 22.1. The Morgan fingerprint density at radius 2 is 2.00 bits per heavy atom. The van der Waals surface area contributed by atoms with E-state index in [4.69, 9.17) is 0 Å². The number of hydrogen-bond donors (Lipinski definition) is 3. The van der Waals surface area contributed by atoms with E-state index >= 15 is 0 Å². The summed E-state index contributed by atoms with van der Waals surface area (Å²) >= 11 is 0.856. The van der Waals surface area contributed by atoms with E-state index in [0.29, 0.717) is 12.8 Å². The lowest BCUT2D eigenvalue weighted by atomic mass is 10.1. The second-order valence-electron chi connectivity index (χ2n) is 6.97. The highest BCUT2D eigenvalue weighted by molar-refractivity contribution is 7.17. The highest BCUT2D eigenvalue weighted by Gasteiger charge is 2.36. The summed E-state index contributed by atoms with van der Waals surface area (Å²) in [5.74, 6) is -0.863. The number of anilines is 1. The summed E-state index contributed by atoms with van der Waals surface area (Å²) in [6, 6.07) is -1.49. The van der Waals surface area contributed by atoms with E-state index < -0.39 is 36.2 Å². The summed E-state index contributed by atoms with van der Waals surface area (Å²) in [5.41, 5.74) is -0.545. The maximum absolute atomic E-state index is 13.5. The Bertz CT molecular complexity index is 905. The van der Waals surface area contributed by atoms with E-state index in [1.54, 1.807) is 0 Å². The predicted octanol–water partition coefficient (Wildman–Crippen LogP) is 4.15. The van der Waals surface area contributed by atoms with Crippen LogP contribution in [0, 0.1) is 0 Å². The molecular weight excluding hydrogens is 431 g/mol. The SMILES string of the molecule is C[C@H](Nc1cc(C(F)F)c(-c2cnc(C(=O)N[C@H]3CCC[C@@H]3O)s2)cn1)C(F)(F)F. The molecule has 6 nitrogen and oxygen atoms in total. The van der Waals surface area contributed by atoms with Crippen LogP contribution < -0.4 is 10.6 Å². The zero-order valence-corrected chi connectivity index (χ0v) is 16.5. The molecule has 164 valence electrons. The number of thiazole rings is 1. The Morgan fingerprint density at radius 1 is 1.27 bits per heavy atom. The molecule has 2 heterocycles. The molecule has 0 aliphatic heterocycles. The van der Waals surface area contributed by atoms with Crippen molar-refractivity contribution < 1.29 is 31.9 Å². The minimum Gasteiger partial charge on any atom is -0.391 e. The Kier molecular flexibility index (Phi) is 6.56. The number of aliphatic hydroxyl groups is 1. The molecule has 2 aromatic rings. The van der Waals surface area contributed by atoms with Gasteiger partial charge in [0.25, 0.3) is 12.3 Å². The minimum absolute atomic E-state index is 0.0207. The first-order valence-corrected chi connectivity index (χ1v) is 9.94. The summed E-state index contributed by atoms with van der Waals surface area (Å²) in [6.07, 6.45) is -3.90. The van der Waals surface area contributed by atoms with Crippen LogP contribution in [0.5, 0.6) is 0 Å². The van der Waals surface area contributed by atoms with Crippen molar-refractivity contribution >= 4 is 23.1 Å². The summed E-state index contributed by atoms with van der Waals surface area (Å²) in [5, 5.41) is 14.6. The maximum Gasteiger partial charge on any atom is 0.408 e. The average molecular weight is 450 g/mol. The molecule has 3 atom stereocenters. The van der Waals surface area contributed by atoms with Crippen LogP contribution in [0.4, 0.5) is 27.8 Å². The van der Waals surface area contributed by atoms with Gasteiger partial charge in [0.15, 0.2) is 5.01 Å². The molecule has 1 saturated carbocycles. The lowest BCUT2D eigenvalue weighted by Crippen LogP contribution is -2.39. The van der Waals surface area contributed by atoms with Gasteiger partial charge in [-0.1, -0.05) is 0 Å². The maximum atomic E-state index is 13.5. The number of halogens is 5. The van der Waals surface area contributed by atoms with Crippen molar-refractivity contribution in [3.63, 3.8) is 0 Å². The lowest BCUT2D eigenvalue weighted by molar-refractivity contribution is -0.138. The lowest BCUT2D eigenvalue weighted by Gasteiger charge is -2.18. The normalized spacial score (nSPS) is 20.4. The Balaban J connectivity index is 1.80. The van der Waals surface area contributed by atoms with Crippen molar-refractivity contribution in [3.05, 3.63) is 29.0 Å². The standard InChI is InChI=1S/C18H19F5N4O2S/c1-8(18(21,22)23)26-14-5-9(15(19)20)10(6-24-14)13-7-25-17(30-13)16(29)27-11-3-2-4-12(11)28/h5-8,11-12,15,28H,2-4H2,1H3,(H,24,26)(H,27,29)/t8-,11-,12-/m0/s1. The molecule has 0 radical (unpaired) electrons. The predicted molar refractivity (Wildman–Crippen MR) is 101 cm³/mol. The van der Waals surface area contributed by atoms with E-state index in [0.717, 1.165) is 36.9 Å². The Morgan fingerprint density at radius 3 is 2.60 bits per heavy atom. The number of amides is 1. The first-order chi connectivity index (χ1) is 14.1. The van der Waals surface area contributed by atoms with Crippen LogP contribution in [-0.4, -0.2) is 45.3 Å². The summed E-state index contributed by atoms with van der Waals surface area (Å²) in [7, 11) is 0. The smallest absolute Gasteiger partial charge is 0.391 e. The summed E-state index contributed by atoms with van der Waals surface area (Å²) < 4.78 is 65.1. The van der Waals surface area contributed by atoms with Gasteiger partial charge in [-0.05, 0) is 32.3 Å². The van der Waals surface area contributed by atoms with Crippen LogP contribution in [0.15, 0.2) is 18.5 Å². The van der Waals surface area contributed by atoms with E-state index in [1.807, 2.05) is 0 Å². The van der Waals surface area contributed by atoms with Crippen molar-refractivity contribution in [1.29, 1.82) is 0 Å². The third-order valence-corrected chi connectivity index (χ3v) is 5.82. The molecule has 30 heavy (non-hydrogen) atoms. The highest BCUT2D eigenvalue weighted by Crippen LogP contribution is 2.36. The van der Waals surface area contributed by atoms with Crippen molar-refractivity contribution in [2.75, 3.05) is 5.32 Å². The van der Waals surface area contributed by atoms with Gasteiger partial charge in [-0.15, -0.1) is 11.3 Å². The summed E-state index contributed by atoms with van der Waals surface area (Å²) in [4.78, 5) is 20.3. The third kappa shape index (κ3) is 5.04. The summed E-state index contributed by atoms with van der Waals surface area (Å²) in [6.45, 7) is 0.854. The number of hydrogen-bond acceptors (Lipinski definition) is 6. The molecule has 0 aromatic carbocycles. The van der Waals surface area contributed by atoms with Crippen molar-refractivity contribution in [2.45, 2.75) is 57.0 Å². The minimum atomic E-state index is -4.56. The molecule has 3 rings (SSSR count). The van der Waals surface area contributed by atoms with Crippen LogP contribution in [-0.2, 0) is 0 Å². The molecule has 0 saturated heterocycles. The van der Waals surface area contributed by atoms with Gasteiger partial charge in [-0.2, -0.15) is 13.2 Å². The molecule has 12 heteroatoms. The molecule has 2 aromatic heterocycles. The monoisotopic (exact) mass is 450 g/mol. The van der Waals surface area contributed by atoms with Crippen LogP contribution in [0.2, 0.25) is 0 Å². The van der Waals surface area contributed by atoms with Crippen LogP contribution in [0.3, 0.4) is 0 Å². The van der Waals surface area contributed by atoms with Gasteiger partial charge in [-0.3, -0.25) is 4.79 Å². The van der Waals surface area contributed by atoms with Gasteiger partial charge in [0.1, 0.15) is 11.9 Å². The van der Waals surface area contributed by atoms with Gasteiger partial charge in [0, 0.05) is 23.5 Å². The Hall–Kier alpha value is -2.34. The average Bonchev–Trinajstić information content (AvgIpc) is 3.30. The molecule has 3 N–H and O–H groups in total. The molecule has 1 aliphatic rings. The van der Waals surface area contributed by atoms with Gasteiger partial charge in [0.2, 0.25) is 0 Å². The molecule has 0 spiro atoms. The van der Waals surface area contributed by atoms with Gasteiger partial charge in [-0.25, -0.2) is 18.7 Å². The number of carbonyl (C=O) groups excluding carboxylic acids is 1. The fraction of sp³-hybridized carbons (Fsp3) is 0.500. The Labute approximate surface area is 172 Å². The second kappa shape index (κ2) is 8.80. The van der Waals surface area contributed by atoms with Gasteiger partial charge >= 0.3 is 6.18 Å². The first-order valence-electron chi connectivity index (χ1n) is 9.12. The number of alkyl halides is 5. The molecule has 0 unspecified atom stereocenters. The number of nitrogens with zero attached hydrogens (tertiary/aromatic N) is 2. The molecule has 1 fully saturated rings. The zero-order valence-electron chi connectivity index (χ0n) is 15.7. The molecule has 0 bridgehead atoms. The van der Waals surface area contributed by atoms with E-state index in [9.17, 15) is 31.9 Å². The van der Waals surface area contributed by atoms with E-state index in [1.165, 1.54) is 6.20 Å². The van der Waals surface area contributed by atoms with Crippen molar-refractivity contribution in [2.24, 2.45) is 0 Å². The first kappa shape index (κ1) is 22.3. The van der Waals surface area contributed by atoms with Crippen LogP contribution >= 0.6 is 11.3 Å². The van der Waals surface area contributed by atoms with Crippen molar-refractivity contribution in [3.8, 4) is 10.4 Å². The fourth-order valence-corrected chi connectivity index (χ4v) is 3.93.